The molecule has 0 aliphatic carbocycles. The number of hydrogen-bond donors (Lipinski definition) is 2. The quantitative estimate of drug-likeness (QED) is 0.757. The lowest BCUT2D eigenvalue weighted by Gasteiger charge is -2.22. The van der Waals surface area contributed by atoms with E-state index in [1.54, 1.807) is 24.5 Å². The maximum Gasteiger partial charge on any atom is 0.244 e. The van der Waals surface area contributed by atoms with E-state index in [-0.39, 0.29) is 11.9 Å². The number of likely N-dealkylation sites (tertiary alicyclic amines) is 1. The van der Waals surface area contributed by atoms with Crippen LogP contribution in [-0.2, 0) is 4.79 Å². The lowest BCUT2D eigenvalue weighted by molar-refractivity contribution is -0.919. The third kappa shape index (κ3) is 4.88. The fourth-order valence-corrected chi connectivity index (χ4v) is 3.47. The van der Waals surface area contributed by atoms with Crippen LogP contribution in [0.2, 0.25) is 10.0 Å². The summed E-state index contributed by atoms with van der Waals surface area (Å²) in [4.78, 5) is 13.6. The van der Waals surface area contributed by atoms with Crippen molar-refractivity contribution in [2.75, 3.05) is 19.6 Å². The van der Waals surface area contributed by atoms with Gasteiger partial charge in [0.25, 0.3) is 0 Å². The lowest BCUT2D eigenvalue weighted by atomic mass is 10.2. The van der Waals surface area contributed by atoms with Gasteiger partial charge in [0, 0.05) is 18.9 Å². The SMILES string of the molecule is O=C(/C=C/c1ccc(Cl)c(Cl)c1)NC[C@H](c1ccco1)[NH+]1CCCC1. The van der Waals surface area contributed by atoms with Crippen molar-refractivity contribution in [1.82, 2.24) is 5.32 Å². The number of amides is 1. The average molecular weight is 380 g/mol. The number of hydrogen-bond acceptors (Lipinski definition) is 2. The van der Waals surface area contributed by atoms with Crippen LogP contribution in [0.4, 0.5) is 0 Å². The van der Waals surface area contributed by atoms with Gasteiger partial charge in [0.2, 0.25) is 5.91 Å². The molecule has 3 rings (SSSR count). The van der Waals surface area contributed by atoms with Gasteiger partial charge in [-0.1, -0.05) is 29.3 Å². The molecule has 1 aliphatic heterocycles. The first-order valence-corrected chi connectivity index (χ1v) is 9.18. The van der Waals surface area contributed by atoms with Gasteiger partial charge in [0.1, 0.15) is 0 Å². The summed E-state index contributed by atoms with van der Waals surface area (Å²) in [6, 6.07) is 9.29. The Labute approximate surface area is 157 Å². The molecule has 2 N–H and O–H groups in total. The second kappa shape index (κ2) is 8.56. The molecule has 0 bridgehead atoms. The second-order valence-corrected chi connectivity index (χ2v) is 7.00. The van der Waals surface area contributed by atoms with Crippen molar-refractivity contribution >= 4 is 35.2 Å². The molecule has 0 saturated carbocycles. The van der Waals surface area contributed by atoms with E-state index in [4.69, 9.17) is 27.6 Å². The van der Waals surface area contributed by atoms with E-state index in [1.165, 1.54) is 23.8 Å². The minimum atomic E-state index is -0.138. The Morgan fingerprint density at radius 3 is 2.72 bits per heavy atom. The zero-order valence-corrected chi connectivity index (χ0v) is 15.3. The molecule has 1 amide bonds. The van der Waals surface area contributed by atoms with Crippen LogP contribution < -0.4 is 10.2 Å². The Balaban J connectivity index is 1.59. The van der Waals surface area contributed by atoms with Crippen LogP contribution in [0.3, 0.4) is 0 Å². The normalized spacial score (nSPS) is 16.4. The number of halogens is 2. The van der Waals surface area contributed by atoms with Crippen molar-refractivity contribution in [3.8, 4) is 0 Å². The topological polar surface area (TPSA) is 46.7 Å². The Kier molecular flexibility index (Phi) is 6.19. The molecule has 1 fully saturated rings. The number of rotatable bonds is 6. The largest absolute Gasteiger partial charge is 0.463 e. The molecule has 1 aromatic carbocycles. The summed E-state index contributed by atoms with van der Waals surface area (Å²) in [5.41, 5.74) is 0.831. The van der Waals surface area contributed by atoms with Crippen LogP contribution in [0.25, 0.3) is 6.08 Å². The van der Waals surface area contributed by atoms with Crippen molar-refractivity contribution < 1.29 is 14.1 Å². The van der Waals surface area contributed by atoms with Crippen molar-refractivity contribution in [2.24, 2.45) is 0 Å². The van der Waals surface area contributed by atoms with E-state index in [2.05, 4.69) is 5.32 Å². The number of furan rings is 1. The van der Waals surface area contributed by atoms with Gasteiger partial charge in [-0.15, -0.1) is 0 Å². The Morgan fingerprint density at radius 2 is 2.04 bits per heavy atom. The first kappa shape index (κ1) is 18.1. The molecule has 1 aliphatic rings. The summed E-state index contributed by atoms with van der Waals surface area (Å²) in [5.74, 6) is 0.784. The molecule has 0 unspecified atom stereocenters. The predicted molar refractivity (Wildman–Crippen MR) is 99.9 cm³/mol. The Morgan fingerprint density at radius 1 is 1.24 bits per heavy atom. The molecule has 1 atom stereocenters. The van der Waals surface area contributed by atoms with E-state index in [1.807, 2.05) is 18.2 Å². The number of carbonyl (C=O) groups is 1. The van der Waals surface area contributed by atoms with E-state index in [0.29, 0.717) is 16.6 Å². The fourth-order valence-electron chi connectivity index (χ4n) is 3.16. The predicted octanol–water partition coefficient (Wildman–Crippen LogP) is 3.14. The summed E-state index contributed by atoms with van der Waals surface area (Å²) in [6.07, 6.45) is 7.36. The highest BCUT2D eigenvalue weighted by atomic mass is 35.5. The smallest absolute Gasteiger partial charge is 0.244 e. The molecule has 25 heavy (non-hydrogen) atoms. The van der Waals surface area contributed by atoms with Gasteiger partial charge in [-0.25, -0.2) is 0 Å². The molecule has 1 aromatic heterocycles. The Hall–Kier alpha value is -1.75. The highest BCUT2D eigenvalue weighted by Gasteiger charge is 2.29. The first-order valence-electron chi connectivity index (χ1n) is 8.42. The first-order chi connectivity index (χ1) is 12.1. The summed E-state index contributed by atoms with van der Waals surface area (Å²) < 4.78 is 5.58. The molecule has 2 heterocycles. The van der Waals surface area contributed by atoms with E-state index in [0.717, 1.165) is 24.4 Å². The lowest BCUT2D eigenvalue weighted by Crippen LogP contribution is -3.11. The van der Waals surface area contributed by atoms with Crippen LogP contribution in [0.15, 0.2) is 47.1 Å². The van der Waals surface area contributed by atoms with Crippen LogP contribution in [-0.4, -0.2) is 25.5 Å². The van der Waals surface area contributed by atoms with Gasteiger partial charge >= 0.3 is 0 Å². The molecular weight excluding hydrogens is 359 g/mol. The van der Waals surface area contributed by atoms with Crippen molar-refractivity contribution in [3.05, 3.63) is 64.0 Å². The zero-order valence-electron chi connectivity index (χ0n) is 13.8. The van der Waals surface area contributed by atoms with Crippen LogP contribution in [0, 0.1) is 0 Å². The maximum absolute atomic E-state index is 12.2. The Bertz CT molecular complexity index is 738. The highest BCUT2D eigenvalue weighted by molar-refractivity contribution is 6.42. The monoisotopic (exact) mass is 379 g/mol. The van der Waals surface area contributed by atoms with Gasteiger partial charge in [-0.05, 0) is 35.9 Å². The van der Waals surface area contributed by atoms with E-state index >= 15 is 0 Å². The van der Waals surface area contributed by atoms with Crippen LogP contribution in [0.1, 0.15) is 30.2 Å². The number of nitrogens with one attached hydrogen (secondary N) is 2. The van der Waals surface area contributed by atoms with Gasteiger partial charge in [0.15, 0.2) is 11.8 Å². The molecule has 0 radical (unpaired) electrons. The van der Waals surface area contributed by atoms with Crippen molar-refractivity contribution in [3.63, 3.8) is 0 Å². The van der Waals surface area contributed by atoms with Gasteiger partial charge in [-0.3, -0.25) is 4.79 Å². The molecule has 2 aromatic rings. The summed E-state index contributed by atoms with van der Waals surface area (Å²) in [7, 11) is 0. The second-order valence-electron chi connectivity index (χ2n) is 6.19. The number of quaternary nitrogens is 1. The van der Waals surface area contributed by atoms with Gasteiger partial charge < -0.3 is 14.6 Å². The number of benzene rings is 1. The minimum absolute atomic E-state index is 0.138. The summed E-state index contributed by atoms with van der Waals surface area (Å²) in [6.45, 7) is 2.77. The molecule has 132 valence electrons. The van der Waals surface area contributed by atoms with Gasteiger partial charge in [0.05, 0.1) is 35.9 Å². The minimum Gasteiger partial charge on any atom is -0.463 e. The molecule has 6 heteroatoms. The van der Waals surface area contributed by atoms with Gasteiger partial charge in [-0.2, -0.15) is 0 Å². The van der Waals surface area contributed by atoms with Crippen LogP contribution in [0.5, 0.6) is 0 Å². The summed E-state index contributed by atoms with van der Waals surface area (Å²) in [5, 5.41) is 3.95. The number of carbonyl (C=O) groups excluding carboxylic acids is 1. The van der Waals surface area contributed by atoms with Crippen molar-refractivity contribution in [2.45, 2.75) is 18.9 Å². The molecular formula is C19H21Cl2N2O2+. The highest BCUT2D eigenvalue weighted by Crippen LogP contribution is 2.23. The van der Waals surface area contributed by atoms with E-state index in [9.17, 15) is 4.79 Å². The fraction of sp³-hybridized carbons (Fsp3) is 0.316. The third-order valence-corrected chi connectivity index (χ3v) is 5.22. The van der Waals surface area contributed by atoms with E-state index < -0.39 is 0 Å². The molecule has 1 saturated heterocycles. The van der Waals surface area contributed by atoms with Crippen molar-refractivity contribution in [1.29, 1.82) is 0 Å². The zero-order chi connectivity index (χ0) is 17.6. The third-order valence-electron chi connectivity index (χ3n) is 4.48. The standard InChI is InChI=1S/C19H20Cl2N2O2/c20-15-7-5-14(12-16(15)21)6-8-19(24)22-13-17(18-4-3-11-25-18)23-9-1-2-10-23/h3-8,11-12,17H,1-2,9-10,13H2,(H,22,24)/p+1/b8-6+/t17-/m1/s1. The average Bonchev–Trinajstić information content (AvgIpc) is 3.30. The molecule has 4 nitrogen and oxygen atoms in total. The molecule has 0 spiro atoms. The van der Waals surface area contributed by atoms with Crippen LogP contribution >= 0.6 is 23.2 Å². The summed E-state index contributed by atoms with van der Waals surface area (Å²) >= 11 is 11.9. The maximum atomic E-state index is 12.2.